The molecule has 1 N–H and O–H groups in total. The number of benzene rings is 1. The lowest BCUT2D eigenvalue weighted by Gasteiger charge is -2.19. The minimum atomic E-state index is -0.485. The summed E-state index contributed by atoms with van der Waals surface area (Å²) >= 11 is 0. The first-order chi connectivity index (χ1) is 9.83. The Bertz CT molecular complexity index is 638. The summed E-state index contributed by atoms with van der Waals surface area (Å²) < 4.78 is 5.30. The van der Waals surface area contributed by atoms with Crippen LogP contribution in [0.3, 0.4) is 0 Å². The second-order valence-corrected chi connectivity index (χ2v) is 4.52. The summed E-state index contributed by atoms with van der Waals surface area (Å²) in [7, 11) is 0. The topological polar surface area (TPSA) is 51.2 Å². The van der Waals surface area contributed by atoms with Crippen LogP contribution >= 0.6 is 0 Å². The summed E-state index contributed by atoms with van der Waals surface area (Å²) in [5.41, 5.74) is 1.94. The summed E-state index contributed by atoms with van der Waals surface area (Å²) in [6.07, 6.45) is 5.36. The van der Waals surface area contributed by atoms with Crippen molar-refractivity contribution in [1.82, 2.24) is 4.98 Å². The van der Waals surface area contributed by atoms with Crippen molar-refractivity contribution in [2.24, 2.45) is 0 Å². The lowest BCUT2D eigenvalue weighted by atomic mass is 10.1. The van der Waals surface area contributed by atoms with Gasteiger partial charge in [-0.2, -0.15) is 0 Å². The van der Waals surface area contributed by atoms with Crippen molar-refractivity contribution in [3.8, 4) is 0 Å². The van der Waals surface area contributed by atoms with Gasteiger partial charge in [0.15, 0.2) is 0 Å². The van der Waals surface area contributed by atoms with Gasteiger partial charge in [0.05, 0.1) is 0 Å². The molecule has 4 nitrogen and oxygen atoms in total. The van der Waals surface area contributed by atoms with Crippen molar-refractivity contribution < 1.29 is 9.53 Å². The molecule has 3 rings (SSSR count). The van der Waals surface area contributed by atoms with Crippen LogP contribution in [0.4, 0.5) is 5.82 Å². The number of hydrogen-bond donors (Lipinski definition) is 1. The van der Waals surface area contributed by atoms with Crippen molar-refractivity contribution in [2.45, 2.75) is 12.6 Å². The standard InChI is InChI=1S/C16H14N2O2/c19-16(20-11-12-5-2-1-3-6-12)14-9-8-13-7-4-10-17-15(13)18-14/h1-10,14H,11H2,(H,17,18). The van der Waals surface area contributed by atoms with Gasteiger partial charge in [0, 0.05) is 11.8 Å². The summed E-state index contributed by atoms with van der Waals surface area (Å²) in [5.74, 6) is 0.401. The van der Waals surface area contributed by atoms with Crippen molar-refractivity contribution >= 4 is 17.9 Å². The zero-order chi connectivity index (χ0) is 13.8. The van der Waals surface area contributed by atoms with E-state index in [9.17, 15) is 4.79 Å². The maximum atomic E-state index is 12.0. The summed E-state index contributed by atoms with van der Waals surface area (Å²) in [4.78, 5) is 16.2. The Morgan fingerprint density at radius 2 is 2.05 bits per heavy atom. The third-order valence-electron chi connectivity index (χ3n) is 3.08. The fraction of sp³-hybridized carbons (Fsp3) is 0.125. The Hall–Kier alpha value is -2.62. The minimum Gasteiger partial charge on any atom is -0.459 e. The van der Waals surface area contributed by atoms with Gasteiger partial charge in [0.2, 0.25) is 0 Å². The van der Waals surface area contributed by atoms with Crippen molar-refractivity contribution in [3.05, 3.63) is 65.9 Å². The fourth-order valence-corrected chi connectivity index (χ4v) is 2.02. The number of carbonyl (C=O) groups excluding carboxylic acids is 1. The molecular formula is C16H14N2O2. The van der Waals surface area contributed by atoms with E-state index in [1.54, 1.807) is 12.3 Å². The Balaban J connectivity index is 1.62. The van der Waals surface area contributed by atoms with Gasteiger partial charge in [-0.05, 0) is 17.7 Å². The Kier molecular flexibility index (Phi) is 3.46. The van der Waals surface area contributed by atoms with E-state index in [0.717, 1.165) is 11.1 Å². The first-order valence-corrected chi connectivity index (χ1v) is 6.43. The fourth-order valence-electron chi connectivity index (χ4n) is 2.02. The molecule has 1 aromatic heterocycles. The molecular weight excluding hydrogens is 252 g/mol. The quantitative estimate of drug-likeness (QED) is 0.868. The third kappa shape index (κ3) is 2.69. The molecule has 0 bridgehead atoms. The molecule has 20 heavy (non-hydrogen) atoms. The monoisotopic (exact) mass is 266 g/mol. The van der Waals surface area contributed by atoms with Crippen LogP contribution in [-0.4, -0.2) is 17.0 Å². The highest BCUT2D eigenvalue weighted by Crippen LogP contribution is 2.20. The van der Waals surface area contributed by atoms with E-state index in [-0.39, 0.29) is 12.6 Å². The smallest absolute Gasteiger partial charge is 0.333 e. The Morgan fingerprint density at radius 1 is 1.20 bits per heavy atom. The maximum absolute atomic E-state index is 12.0. The average Bonchev–Trinajstić information content (AvgIpc) is 2.53. The molecule has 0 saturated heterocycles. The molecule has 0 radical (unpaired) electrons. The van der Waals surface area contributed by atoms with Gasteiger partial charge in [0.1, 0.15) is 18.5 Å². The highest BCUT2D eigenvalue weighted by molar-refractivity contribution is 5.86. The van der Waals surface area contributed by atoms with Gasteiger partial charge in [-0.1, -0.05) is 42.5 Å². The van der Waals surface area contributed by atoms with E-state index in [1.807, 2.05) is 48.5 Å². The molecule has 1 unspecified atom stereocenters. The maximum Gasteiger partial charge on any atom is 0.333 e. The number of nitrogens with zero attached hydrogens (tertiary/aromatic N) is 1. The Morgan fingerprint density at radius 3 is 2.90 bits per heavy atom. The van der Waals surface area contributed by atoms with Crippen LogP contribution in [0.25, 0.3) is 6.08 Å². The molecule has 1 atom stereocenters. The number of pyridine rings is 1. The SMILES string of the molecule is O=C(OCc1ccccc1)C1C=Cc2cccnc2N1. The average molecular weight is 266 g/mol. The van der Waals surface area contributed by atoms with E-state index in [1.165, 1.54) is 0 Å². The van der Waals surface area contributed by atoms with Crippen molar-refractivity contribution in [3.63, 3.8) is 0 Å². The number of carbonyl (C=O) groups is 1. The van der Waals surface area contributed by atoms with E-state index in [4.69, 9.17) is 4.74 Å². The highest BCUT2D eigenvalue weighted by Gasteiger charge is 2.21. The minimum absolute atomic E-state index is 0.279. The first-order valence-electron chi connectivity index (χ1n) is 6.43. The normalized spacial score (nSPS) is 16.1. The van der Waals surface area contributed by atoms with Crippen LogP contribution in [0, 0.1) is 0 Å². The number of rotatable bonds is 3. The van der Waals surface area contributed by atoms with Crippen molar-refractivity contribution in [2.75, 3.05) is 5.32 Å². The molecule has 2 heterocycles. The zero-order valence-electron chi connectivity index (χ0n) is 10.8. The number of nitrogens with one attached hydrogen (secondary N) is 1. The second-order valence-electron chi connectivity index (χ2n) is 4.52. The van der Waals surface area contributed by atoms with E-state index >= 15 is 0 Å². The van der Waals surface area contributed by atoms with Crippen LogP contribution < -0.4 is 5.32 Å². The lowest BCUT2D eigenvalue weighted by molar-refractivity contribution is -0.144. The van der Waals surface area contributed by atoms with Gasteiger partial charge >= 0.3 is 5.97 Å². The summed E-state index contributed by atoms with van der Waals surface area (Å²) in [6, 6.07) is 12.9. The zero-order valence-corrected chi connectivity index (χ0v) is 10.8. The molecule has 0 spiro atoms. The number of esters is 1. The van der Waals surface area contributed by atoms with Crippen LogP contribution in [0.2, 0.25) is 0 Å². The molecule has 2 aromatic rings. The van der Waals surface area contributed by atoms with Gasteiger partial charge in [-0.15, -0.1) is 0 Å². The predicted molar refractivity (Wildman–Crippen MR) is 76.9 cm³/mol. The van der Waals surface area contributed by atoms with Gasteiger partial charge in [-0.25, -0.2) is 9.78 Å². The van der Waals surface area contributed by atoms with Gasteiger partial charge < -0.3 is 10.1 Å². The number of ether oxygens (including phenoxy) is 1. The van der Waals surface area contributed by atoms with E-state index in [0.29, 0.717) is 5.82 Å². The number of aromatic nitrogens is 1. The lowest BCUT2D eigenvalue weighted by Crippen LogP contribution is -2.31. The number of hydrogen-bond acceptors (Lipinski definition) is 4. The first kappa shape index (κ1) is 12.4. The predicted octanol–water partition coefficient (Wildman–Crippen LogP) is 2.63. The second kappa shape index (κ2) is 5.57. The molecule has 1 aliphatic rings. The summed E-state index contributed by atoms with van der Waals surface area (Å²) in [6.45, 7) is 0.279. The van der Waals surface area contributed by atoms with Gasteiger partial charge in [-0.3, -0.25) is 0 Å². The third-order valence-corrected chi connectivity index (χ3v) is 3.08. The molecule has 100 valence electrons. The van der Waals surface area contributed by atoms with Crippen molar-refractivity contribution in [1.29, 1.82) is 0 Å². The highest BCUT2D eigenvalue weighted by atomic mass is 16.5. The Labute approximate surface area is 117 Å². The number of anilines is 1. The molecule has 0 saturated carbocycles. The van der Waals surface area contributed by atoms with Crippen LogP contribution in [0.1, 0.15) is 11.1 Å². The molecule has 0 fully saturated rings. The van der Waals surface area contributed by atoms with E-state index in [2.05, 4.69) is 10.3 Å². The van der Waals surface area contributed by atoms with Gasteiger partial charge in [0.25, 0.3) is 0 Å². The molecule has 0 amide bonds. The number of fused-ring (bicyclic) bond motifs is 1. The molecule has 1 aromatic carbocycles. The summed E-state index contributed by atoms with van der Waals surface area (Å²) in [5, 5.41) is 3.06. The van der Waals surface area contributed by atoms with Crippen LogP contribution in [0.5, 0.6) is 0 Å². The van der Waals surface area contributed by atoms with E-state index < -0.39 is 6.04 Å². The van der Waals surface area contributed by atoms with Crippen LogP contribution in [0.15, 0.2) is 54.7 Å². The molecule has 1 aliphatic heterocycles. The molecule has 4 heteroatoms. The largest absolute Gasteiger partial charge is 0.459 e. The molecule has 0 aliphatic carbocycles. The van der Waals surface area contributed by atoms with Crippen LogP contribution in [-0.2, 0) is 16.1 Å².